The summed E-state index contributed by atoms with van der Waals surface area (Å²) in [4.78, 5) is 21.6. The number of imidazole rings is 1. The van der Waals surface area contributed by atoms with Gasteiger partial charge in [0.25, 0.3) is 0 Å². The maximum absolute atomic E-state index is 12.3. The number of nitrogens with zero attached hydrogens (tertiary/aromatic N) is 4. The molecule has 8 nitrogen and oxygen atoms in total. The van der Waals surface area contributed by atoms with Crippen LogP contribution in [0.15, 0.2) is 66.7 Å². The summed E-state index contributed by atoms with van der Waals surface area (Å²) in [5.74, 6) is 1.75. The third-order valence-corrected chi connectivity index (χ3v) is 7.02. The fourth-order valence-electron chi connectivity index (χ4n) is 4.96. The van der Waals surface area contributed by atoms with Gasteiger partial charge in [-0.15, -0.1) is 0 Å². The first-order chi connectivity index (χ1) is 18.5. The van der Waals surface area contributed by atoms with Crippen molar-refractivity contribution in [2.45, 2.75) is 19.4 Å². The van der Waals surface area contributed by atoms with Crippen LogP contribution in [0.25, 0.3) is 22.2 Å². The Balaban J connectivity index is 1.28. The van der Waals surface area contributed by atoms with E-state index >= 15 is 0 Å². The number of nitrogens with one attached hydrogen (secondary N) is 2. The van der Waals surface area contributed by atoms with E-state index in [1.54, 1.807) is 7.11 Å². The van der Waals surface area contributed by atoms with Crippen molar-refractivity contribution in [2.75, 3.05) is 57.6 Å². The van der Waals surface area contributed by atoms with Crippen LogP contribution in [0.2, 0.25) is 0 Å². The number of rotatable bonds is 9. The van der Waals surface area contributed by atoms with Crippen LogP contribution < -0.4 is 20.3 Å². The molecule has 3 aromatic carbocycles. The van der Waals surface area contributed by atoms with Crippen molar-refractivity contribution in [3.05, 3.63) is 72.3 Å². The van der Waals surface area contributed by atoms with Crippen molar-refractivity contribution in [2.24, 2.45) is 0 Å². The number of ether oxygens (including phenoxy) is 1. The number of likely N-dealkylation sites (tertiary alicyclic amines) is 1. The van der Waals surface area contributed by atoms with Gasteiger partial charge in [-0.3, -0.25) is 0 Å². The van der Waals surface area contributed by atoms with Crippen LogP contribution in [0.3, 0.4) is 0 Å². The minimum Gasteiger partial charge on any atom is -0.497 e. The molecule has 38 heavy (non-hydrogen) atoms. The topological polar surface area (TPSA) is 74.7 Å². The Kier molecular flexibility index (Phi) is 7.79. The van der Waals surface area contributed by atoms with Gasteiger partial charge in [0.05, 0.1) is 24.7 Å². The zero-order chi connectivity index (χ0) is 26.5. The van der Waals surface area contributed by atoms with Crippen LogP contribution in [-0.4, -0.2) is 67.9 Å². The molecule has 2 amide bonds. The molecular formula is C30H36N6O2. The summed E-state index contributed by atoms with van der Waals surface area (Å²) in [6, 6.07) is 22.3. The lowest BCUT2D eigenvalue weighted by Crippen LogP contribution is -2.35. The Hall–Kier alpha value is -4.04. The standard InChI is InChI=1S/C30H36N6O2/c1-34(2)30-33-27-20-24(10-15-28(27)36(30)21-22-6-13-26(38-3)14-7-22)23-8-11-25(12-9-23)32-29(37)31-16-19-35-17-4-5-18-35/h6-15,20H,4-5,16-19,21H2,1-3H3,(H2,31,32,37). The first-order valence-corrected chi connectivity index (χ1v) is 13.2. The summed E-state index contributed by atoms with van der Waals surface area (Å²) < 4.78 is 7.53. The Morgan fingerprint density at radius 3 is 2.37 bits per heavy atom. The van der Waals surface area contributed by atoms with Gasteiger partial charge >= 0.3 is 6.03 Å². The SMILES string of the molecule is COc1ccc(Cn2c(N(C)C)nc3cc(-c4ccc(NC(=O)NCCN5CCCC5)cc4)ccc32)cc1. The van der Waals surface area contributed by atoms with Crippen LogP contribution in [0.1, 0.15) is 18.4 Å². The fourth-order valence-corrected chi connectivity index (χ4v) is 4.96. The molecule has 0 spiro atoms. The average molecular weight is 513 g/mol. The maximum Gasteiger partial charge on any atom is 0.319 e. The van der Waals surface area contributed by atoms with Gasteiger partial charge in [-0.05, 0) is 79.0 Å². The van der Waals surface area contributed by atoms with Crippen LogP contribution in [0.5, 0.6) is 5.75 Å². The fraction of sp³-hybridized carbons (Fsp3) is 0.333. The number of benzene rings is 3. The zero-order valence-electron chi connectivity index (χ0n) is 22.4. The van der Waals surface area contributed by atoms with Crippen LogP contribution in [0.4, 0.5) is 16.4 Å². The number of carbonyl (C=O) groups is 1. The van der Waals surface area contributed by atoms with E-state index in [2.05, 4.69) is 50.4 Å². The number of methoxy groups -OCH3 is 1. The summed E-state index contributed by atoms with van der Waals surface area (Å²) in [6.45, 7) is 4.55. The highest BCUT2D eigenvalue weighted by molar-refractivity contribution is 5.90. The van der Waals surface area contributed by atoms with E-state index in [0.717, 1.165) is 59.2 Å². The summed E-state index contributed by atoms with van der Waals surface area (Å²) in [6.07, 6.45) is 2.52. The highest BCUT2D eigenvalue weighted by Gasteiger charge is 2.15. The molecule has 1 aliphatic heterocycles. The summed E-state index contributed by atoms with van der Waals surface area (Å²) >= 11 is 0. The Bertz CT molecular complexity index is 1370. The molecule has 4 aromatic rings. The lowest BCUT2D eigenvalue weighted by Gasteiger charge is -2.15. The number of amides is 2. The minimum absolute atomic E-state index is 0.169. The van der Waals surface area contributed by atoms with Crippen molar-refractivity contribution >= 4 is 28.7 Å². The van der Waals surface area contributed by atoms with Crippen LogP contribution in [0, 0.1) is 0 Å². The second-order valence-electron chi connectivity index (χ2n) is 9.95. The van der Waals surface area contributed by atoms with Crippen LogP contribution >= 0.6 is 0 Å². The van der Waals surface area contributed by atoms with Gasteiger partial charge in [0.15, 0.2) is 0 Å². The van der Waals surface area contributed by atoms with Gasteiger partial charge in [-0.1, -0.05) is 30.3 Å². The number of fused-ring (bicyclic) bond motifs is 1. The molecule has 1 aromatic heterocycles. The van der Waals surface area contributed by atoms with Crippen molar-refractivity contribution < 1.29 is 9.53 Å². The maximum atomic E-state index is 12.3. The molecule has 8 heteroatoms. The van der Waals surface area contributed by atoms with Crippen molar-refractivity contribution in [3.63, 3.8) is 0 Å². The van der Waals surface area contributed by atoms with E-state index in [1.807, 2.05) is 55.4 Å². The van der Waals surface area contributed by atoms with E-state index in [0.29, 0.717) is 13.1 Å². The minimum atomic E-state index is -0.169. The summed E-state index contributed by atoms with van der Waals surface area (Å²) in [5, 5.41) is 5.88. The monoisotopic (exact) mass is 512 g/mol. The molecule has 0 saturated carbocycles. The first kappa shape index (κ1) is 25.6. The van der Waals surface area contributed by atoms with E-state index in [1.165, 1.54) is 18.4 Å². The Morgan fingerprint density at radius 1 is 0.974 bits per heavy atom. The number of urea groups is 1. The molecular weight excluding hydrogens is 476 g/mol. The summed E-state index contributed by atoms with van der Waals surface area (Å²) in [5.41, 5.74) is 6.13. The predicted octanol–water partition coefficient (Wildman–Crippen LogP) is 5.04. The van der Waals surface area contributed by atoms with Gasteiger partial charge in [-0.25, -0.2) is 9.78 Å². The van der Waals surface area contributed by atoms with E-state index in [4.69, 9.17) is 9.72 Å². The zero-order valence-corrected chi connectivity index (χ0v) is 22.4. The Labute approximate surface area is 224 Å². The molecule has 0 radical (unpaired) electrons. The van der Waals surface area contributed by atoms with E-state index in [-0.39, 0.29) is 6.03 Å². The lowest BCUT2D eigenvalue weighted by atomic mass is 10.0. The predicted molar refractivity (Wildman–Crippen MR) is 154 cm³/mol. The number of carbonyl (C=O) groups excluding carboxylic acids is 1. The molecule has 1 aliphatic rings. The van der Waals surface area contributed by atoms with Gasteiger partial charge < -0.3 is 29.7 Å². The van der Waals surface area contributed by atoms with Gasteiger partial charge in [0, 0.05) is 32.9 Å². The molecule has 0 atom stereocenters. The lowest BCUT2D eigenvalue weighted by molar-refractivity contribution is 0.249. The van der Waals surface area contributed by atoms with Gasteiger partial charge in [0.2, 0.25) is 5.95 Å². The molecule has 0 aliphatic carbocycles. The smallest absolute Gasteiger partial charge is 0.319 e. The van der Waals surface area contributed by atoms with Crippen molar-refractivity contribution in [3.8, 4) is 16.9 Å². The third kappa shape index (κ3) is 5.92. The molecule has 198 valence electrons. The van der Waals surface area contributed by atoms with E-state index in [9.17, 15) is 4.79 Å². The summed E-state index contributed by atoms with van der Waals surface area (Å²) in [7, 11) is 5.71. The third-order valence-electron chi connectivity index (χ3n) is 7.02. The average Bonchev–Trinajstić information content (AvgIpc) is 3.57. The molecule has 2 N–H and O–H groups in total. The van der Waals surface area contributed by atoms with Crippen molar-refractivity contribution in [1.29, 1.82) is 0 Å². The van der Waals surface area contributed by atoms with E-state index < -0.39 is 0 Å². The second kappa shape index (κ2) is 11.6. The van der Waals surface area contributed by atoms with Gasteiger partial charge in [0.1, 0.15) is 5.75 Å². The quantitative estimate of drug-likeness (QED) is 0.329. The largest absolute Gasteiger partial charge is 0.497 e. The molecule has 2 heterocycles. The highest BCUT2D eigenvalue weighted by atomic mass is 16.5. The molecule has 0 bridgehead atoms. The number of hydrogen-bond donors (Lipinski definition) is 2. The van der Waals surface area contributed by atoms with Gasteiger partial charge in [-0.2, -0.15) is 0 Å². The second-order valence-corrected chi connectivity index (χ2v) is 9.95. The number of anilines is 2. The Morgan fingerprint density at radius 2 is 1.68 bits per heavy atom. The molecule has 0 unspecified atom stereocenters. The first-order valence-electron chi connectivity index (χ1n) is 13.2. The van der Waals surface area contributed by atoms with Crippen LogP contribution in [-0.2, 0) is 6.54 Å². The highest BCUT2D eigenvalue weighted by Crippen LogP contribution is 2.29. The normalized spacial score (nSPS) is 13.6. The molecule has 1 saturated heterocycles. The molecule has 5 rings (SSSR count). The molecule has 1 fully saturated rings. The number of aromatic nitrogens is 2. The van der Waals surface area contributed by atoms with Crippen molar-refractivity contribution in [1.82, 2.24) is 19.8 Å². The number of hydrogen-bond acceptors (Lipinski definition) is 5.